The highest BCUT2D eigenvalue weighted by Gasteiger charge is 2.17. The highest BCUT2D eigenvalue weighted by Crippen LogP contribution is 2.29. The number of anilines is 1. The highest BCUT2D eigenvalue weighted by molar-refractivity contribution is 5.88. The van der Waals surface area contributed by atoms with Gasteiger partial charge in [-0.1, -0.05) is 19.1 Å². The fourth-order valence-electron chi connectivity index (χ4n) is 1.58. The van der Waals surface area contributed by atoms with Crippen LogP contribution in [0.2, 0.25) is 0 Å². The van der Waals surface area contributed by atoms with Crippen LogP contribution < -0.4 is 9.64 Å². The molecule has 4 heteroatoms. The molecule has 0 radical (unpaired) electrons. The second-order valence-electron chi connectivity index (χ2n) is 4.07. The van der Waals surface area contributed by atoms with Gasteiger partial charge in [0.05, 0.1) is 11.8 Å². The first-order valence-electron chi connectivity index (χ1n) is 5.82. The molecule has 0 aliphatic carbocycles. The summed E-state index contributed by atoms with van der Waals surface area (Å²) in [6.07, 6.45) is -0.164. The van der Waals surface area contributed by atoms with Crippen LogP contribution in [-0.4, -0.2) is 23.8 Å². The second-order valence-corrected chi connectivity index (χ2v) is 4.07. The summed E-state index contributed by atoms with van der Waals surface area (Å²) >= 11 is 0. The molecule has 0 spiro atoms. The summed E-state index contributed by atoms with van der Waals surface area (Å²) in [6, 6.07) is 7.21. The van der Waals surface area contributed by atoms with Gasteiger partial charge in [0.2, 0.25) is 0 Å². The molecule has 1 amide bonds. The SMILES string of the molecule is CCCN(C(=O)O)c1ccccc1OC(C)C. The molecule has 1 rings (SSSR count). The van der Waals surface area contributed by atoms with Crippen LogP contribution in [0.1, 0.15) is 27.2 Å². The topological polar surface area (TPSA) is 49.8 Å². The van der Waals surface area contributed by atoms with E-state index in [0.29, 0.717) is 18.0 Å². The maximum atomic E-state index is 11.2. The Labute approximate surface area is 102 Å². The molecule has 0 unspecified atom stereocenters. The molecule has 0 saturated carbocycles. The Morgan fingerprint density at radius 3 is 2.59 bits per heavy atom. The number of hydrogen-bond donors (Lipinski definition) is 1. The van der Waals surface area contributed by atoms with Gasteiger partial charge in [-0.05, 0) is 32.4 Å². The van der Waals surface area contributed by atoms with Crippen LogP contribution in [-0.2, 0) is 0 Å². The zero-order valence-electron chi connectivity index (χ0n) is 10.5. The molecule has 0 saturated heterocycles. The van der Waals surface area contributed by atoms with E-state index < -0.39 is 6.09 Å². The van der Waals surface area contributed by atoms with Gasteiger partial charge in [-0.3, -0.25) is 4.90 Å². The van der Waals surface area contributed by atoms with Crippen LogP contribution in [0.5, 0.6) is 5.75 Å². The summed E-state index contributed by atoms with van der Waals surface area (Å²) in [6.45, 7) is 6.25. The lowest BCUT2D eigenvalue weighted by atomic mass is 10.2. The van der Waals surface area contributed by atoms with Crippen LogP contribution >= 0.6 is 0 Å². The Balaban J connectivity index is 3.04. The predicted molar refractivity (Wildman–Crippen MR) is 67.9 cm³/mol. The summed E-state index contributed by atoms with van der Waals surface area (Å²) in [7, 11) is 0. The summed E-state index contributed by atoms with van der Waals surface area (Å²) in [5.41, 5.74) is 0.607. The van der Waals surface area contributed by atoms with Crippen LogP contribution in [0.15, 0.2) is 24.3 Å². The van der Waals surface area contributed by atoms with Crippen molar-refractivity contribution in [1.82, 2.24) is 0 Å². The van der Waals surface area contributed by atoms with E-state index in [1.807, 2.05) is 32.9 Å². The molecule has 0 fully saturated rings. The highest BCUT2D eigenvalue weighted by atomic mass is 16.5. The summed E-state index contributed by atoms with van der Waals surface area (Å²) in [5.74, 6) is 0.610. The standard InChI is InChI=1S/C13H19NO3/c1-4-9-14(13(15)16)11-7-5-6-8-12(11)17-10(2)3/h5-8,10H,4,9H2,1-3H3,(H,15,16). The third-order valence-electron chi connectivity index (χ3n) is 2.20. The van der Waals surface area contributed by atoms with Gasteiger partial charge in [-0.15, -0.1) is 0 Å². The Morgan fingerprint density at radius 2 is 2.06 bits per heavy atom. The van der Waals surface area contributed by atoms with Gasteiger partial charge in [0.25, 0.3) is 0 Å². The molecule has 17 heavy (non-hydrogen) atoms. The van der Waals surface area contributed by atoms with Gasteiger partial charge < -0.3 is 9.84 Å². The van der Waals surface area contributed by atoms with Crippen LogP contribution in [0, 0.1) is 0 Å². The number of benzene rings is 1. The van der Waals surface area contributed by atoms with Gasteiger partial charge >= 0.3 is 6.09 Å². The molecule has 0 aliphatic rings. The van der Waals surface area contributed by atoms with Gasteiger partial charge in [0, 0.05) is 6.54 Å². The zero-order valence-corrected chi connectivity index (χ0v) is 10.5. The molecule has 4 nitrogen and oxygen atoms in total. The van der Waals surface area contributed by atoms with E-state index in [4.69, 9.17) is 4.74 Å². The largest absolute Gasteiger partial charge is 0.489 e. The lowest BCUT2D eigenvalue weighted by Gasteiger charge is -2.22. The van der Waals surface area contributed by atoms with Crippen molar-refractivity contribution < 1.29 is 14.6 Å². The number of carboxylic acid groups (broad SMARTS) is 1. The number of rotatable bonds is 5. The van der Waals surface area contributed by atoms with Crippen molar-refractivity contribution >= 4 is 11.8 Å². The molecular weight excluding hydrogens is 218 g/mol. The second kappa shape index (κ2) is 6.13. The average molecular weight is 237 g/mol. The number of nitrogens with zero attached hydrogens (tertiary/aromatic N) is 1. The average Bonchev–Trinajstić information content (AvgIpc) is 2.26. The predicted octanol–water partition coefficient (Wildman–Crippen LogP) is 3.37. The molecule has 0 bridgehead atoms. The lowest BCUT2D eigenvalue weighted by Crippen LogP contribution is -2.30. The quantitative estimate of drug-likeness (QED) is 0.854. The summed E-state index contributed by atoms with van der Waals surface area (Å²) in [4.78, 5) is 12.5. The van der Waals surface area contributed by atoms with E-state index in [9.17, 15) is 9.90 Å². The monoisotopic (exact) mass is 237 g/mol. The van der Waals surface area contributed by atoms with Crippen molar-refractivity contribution in [3.63, 3.8) is 0 Å². The van der Waals surface area contributed by atoms with Gasteiger partial charge in [0.15, 0.2) is 0 Å². The first kappa shape index (κ1) is 13.4. The Hall–Kier alpha value is -1.71. The van der Waals surface area contributed by atoms with Crippen molar-refractivity contribution in [3.05, 3.63) is 24.3 Å². The lowest BCUT2D eigenvalue weighted by molar-refractivity contribution is 0.200. The molecule has 1 N–H and O–H groups in total. The number of hydrogen-bond acceptors (Lipinski definition) is 2. The normalized spacial score (nSPS) is 10.4. The Morgan fingerprint density at radius 1 is 1.41 bits per heavy atom. The van der Waals surface area contributed by atoms with Gasteiger partial charge in [-0.2, -0.15) is 0 Å². The number of ether oxygens (including phenoxy) is 1. The van der Waals surface area contributed by atoms with E-state index in [1.165, 1.54) is 4.90 Å². The van der Waals surface area contributed by atoms with E-state index in [2.05, 4.69) is 0 Å². The van der Waals surface area contributed by atoms with Crippen molar-refractivity contribution in [2.24, 2.45) is 0 Å². The minimum atomic E-state index is -0.952. The zero-order chi connectivity index (χ0) is 12.8. The summed E-state index contributed by atoms with van der Waals surface area (Å²) in [5, 5.41) is 9.19. The van der Waals surface area contributed by atoms with Crippen molar-refractivity contribution in [2.45, 2.75) is 33.3 Å². The third-order valence-corrected chi connectivity index (χ3v) is 2.20. The third kappa shape index (κ3) is 3.66. The molecule has 1 aromatic carbocycles. The Kier molecular flexibility index (Phi) is 4.82. The van der Waals surface area contributed by atoms with Crippen molar-refractivity contribution in [1.29, 1.82) is 0 Å². The minimum absolute atomic E-state index is 0.0217. The van der Waals surface area contributed by atoms with E-state index in [1.54, 1.807) is 12.1 Å². The Bertz CT molecular complexity index is 377. The maximum Gasteiger partial charge on any atom is 0.411 e. The summed E-state index contributed by atoms with van der Waals surface area (Å²) < 4.78 is 5.62. The van der Waals surface area contributed by atoms with Crippen LogP contribution in [0.4, 0.5) is 10.5 Å². The molecule has 0 atom stereocenters. The molecule has 94 valence electrons. The molecular formula is C13H19NO3. The van der Waals surface area contributed by atoms with E-state index in [-0.39, 0.29) is 6.10 Å². The maximum absolute atomic E-state index is 11.2. The first-order chi connectivity index (χ1) is 8.06. The van der Waals surface area contributed by atoms with Gasteiger partial charge in [0.1, 0.15) is 5.75 Å². The smallest absolute Gasteiger partial charge is 0.411 e. The number of carbonyl (C=O) groups is 1. The van der Waals surface area contributed by atoms with Crippen molar-refractivity contribution in [3.8, 4) is 5.75 Å². The van der Waals surface area contributed by atoms with Gasteiger partial charge in [-0.25, -0.2) is 4.79 Å². The van der Waals surface area contributed by atoms with Crippen LogP contribution in [0.3, 0.4) is 0 Å². The molecule has 1 aromatic rings. The fourth-order valence-corrected chi connectivity index (χ4v) is 1.58. The van der Waals surface area contributed by atoms with E-state index >= 15 is 0 Å². The molecule has 0 aliphatic heterocycles. The number of para-hydroxylation sites is 2. The minimum Gasteiger partial charge on any atom is -0.489 e. The fraction of sp³-hybridized carbons (Fsp3) is 0.462. The van der Waals surface area contributed by atoms with E-state index in [0.717, 1.165) is 6.42 Å². The number of amides is 1. The molecule has 0 aromatic heterocycles. The van der Waals surface area contributed by atoms with Crippen LogP contribution in [0.25, 0.3) is 0 Å². The van der Waals surface area contributed by atoms with Crippen molar-refractivity contribution in [2.75, 3.05) is 11.4 Å². The molecule has 0 heterocycles. The first-order valence-corrected chi connectivity index (χ1v) is 5.82.